The van der Waals surface area contributed by atoms with E-state index in [-0.39, 0.29) is 18.6 Å². The second kappa shape index (κ2) is 14.0. The van der Waals surface area contributed by atoms with Gasteiger partial charge < -0.3 is 37.0 Å². The van der Waals surface area contributed by atoms with Crippen LogP contribution in [0.1, 0.15) is 60.0 Å². The highest BCUT2D eigenvalue weighted by molar-refractivity contribution is 6.07. The van der Waals surface area contributed by atoms with Crippen LogP contribution in [0, 0.1) is 18.3 Å². The number of hydrogen-bond donors (Lipinski definition) is 6. The Kier molecular flexibility index (Phi) is 9.29. The third-order valence-corrected chi connectivity index (χ3v) is 12.8. The molecule has 3 saturated heterocycles. The van der Waals surface area contributed by atoms with E-state index in [2.05, 4.69) is 30.7 Å². The van der Waals surface area contributed by atoms with Crippen LogP contribution in [0.4, 0.5) is 5.69 Å². The van der Waals surface area contributed by atoms with Crippen LogP contribution in [0.3, 0.4) is 0 Å². The number of benzene rings is 2. The summed E-state index contributed by atoms with van der Waals surface area (Å²) in [5, 5.41) is 19.9. The van der Waals surface area contributed by atoms with Crippen LogP contribution in [0.15, 0.2) is 60.1 Å². The molecule has 2 saturated carbocycles. The van der Waals surface area contributed by atoms with Gasteiger partial charge in [0.2, 0.25) is 18.2 Å². The van der Waals surface area contributed by atoms with Gasteiger partial charge in [-0.05, 0) is 93.5 Å². The molecule has 14 nitrogen and oxygen atoms in total. The number of nitrogens with two attached hydrogens (primary N) is 2. The van der Waals surface area contributed by atoms with Crippen molar-refractivity contribution in [2.24, 2.45) is 22.8 Å². The van der Waals surface area contributed by atoms with Gasteiger partial charge in [-0.1, -0.05) is 12.1 Å². The van der Waals surface area contributed by atoms with E-state index in [4.69, 9.17) is 11.5 Å². The number of para-hydroxylation sites is 1. The first-order valence-corrected chi connectivity index (χ1v) is 19.2. The summed E-state index contributed by atoms with van der Waals surface area (Å²) in [6.45, 7) is 9.46. The first kappa shape index (κ1) is 35.9. The van der Waals surface area contributed by atoms with Gasteiger partial charge in [0.1, 0.15) is 17.6 Å². The molecule has 4 aliphatic heterocycles. The van der Waals surface area contributed by atoms with Gasteiger partial charge >= 0.3 is 0 Å². The number of allylic oxidation sites excluding steroid dienone is 1. The zero-order valence-corrected chi connectivity index (χ0v) is 30.9. The summed E-state index contributed by atoms with van der Waals surface area (Å²) in [7, 11) is 0. The van der Waals surface area contributed by atoms with Crippen molar-refractivity contribution in [3.05, 3.63) is 76.7 Å². The van der Waals surface area contributed by atoms with Crippen LogP contribution in [0.25, 0.3) is 5.70 Å². The summed E-state index contributed by atoms with van der Waals surface area (Å²) in [5.41, 5.74) is 17.7. The molecular weight excluding hydrogens is 686 g/mol. The molecule has 286 valence electrons. The number of piperidine rings is 2. The van der Waals surface area contributed by atoms with Gasteiger partial charge in [0, 0.05) is 85.7 Å². The normalized spacial score (nSPS) is 28.5. The van der Waals surface area contributed by atoms with E-state index >= 15 is 0 Å². The number of anilines is 1. The Balaban J connectivity index is 0.795. The van der Waals surface area contributed by atoms with Crippen molar-refractivity contribution in [3.63, 3.8) is 0 Å². The van der Waals surface area contributed by atoms with Crippen LogP contribution in [0.5, 0.6) is 5.75 Å². The molecule has 0 radical (unpaired) electrons. The van der Waals surface area contributed by atoms with Crippen molar-refractivity contribution in [2.75, 3.05) is 57.3 Å². The molecule has 4 heterocycles. The van der Waals surface area contributed by atoms with E-state index in [9.17, 15) is 24.3 Å². The SMILES string of the molecule is Cc1cc(N2CCC(CNC34CC3(CN3CCN5C(/C=C(\N)c6ccccc6O)=C(N)NCC5C3)C4)CC2)ccc1C(=O)N(C=O)C1CCC(=O)NC1=O. The Morgan fingerprint density at radius 2 is 1.85 bits per heavy atom. The average molecular weight is 738 g/mol. The molecule has 0 bridgehead atoms. The number of amides is 4. The van der Waals surface area contributed by atoms with Crippen LogP contribution < -0.4 is 32.3 Å². The summed E-state index contributed by atoms with van der Waals surface area (Å²) < 4.78 is 0. The number of piperazine rings is 1. The maximum absolute atomic E-state index is 13.3. The lowest BCUT2D eigenvalue weighted by Gasteiger charge is -2.46. The quantitative estimate of drug-likeness (QED) is 0.143. The van der Waals surface area contributed by atoms with Crippen molar-refractivity contribution in [1.82, 2.24) is 30.7 Å². The van der Waals surface area contributed by atoms with Gasteiger partial charge in [0.05, 0.1) is 11.7 Å². The fourth-order valence-electron chi connectivity index (χ4n) is 9.32. The molecule has 8 rings (SSSR count). The molecule has 0 spiro atoms. The molecular formula is C40H51N9O5. The Morgan fingerprint density at radius 1 is 1.07 bits per heavy atom. The molecule has 54 heavy (non-hydrogen) atoms. The Bertz CT molecular complexity index is 1910. The number of phenols is 1. The predicted octanol–water partition coefficient (Wildman–Crippen LogP) is 1.16. The van der Waals surface area contributed by atoms with Gasteiger partial charge in [-0.15, -0.1) is 0 Å². The molecule has 2 atom stereocenters. The minimum Gasteiger partial charge on any atom is -0.507 e. The molecule has 2 aromatic rings. The first-order chi connectivity index (χ1) is 26.0. The minimum absolute atomic E-state index is 0.0883. The molecule has 0 aromatic heterocycles. The second-order valence-electron chi connectivity index (χ2n) is 16.2. The summed E-state index contributed by atoms with van der Waals surface area (Å²) in [6, 6.07) is 12.0. The number of phenolic OH excluding ortho intramolecular Hbond substituents is 1. The number of fused-ring (bicyclic) bond motifs is 2. The van der Waals surface area contributed by atoms with Crippen molar-refractivity contribution < 1.29 is 24.3 Å². The van der Waals surface area contributed by atoms with Crippen LogP contribution in [-0.2, 0) is 14.4 Å². The van der Waals surface area contributed by atoms with Gasteiger partial charge in [0.15, 0.2) is 0 Å². The standard InChI is InChI=1S/C40H51N9O5/c1-25-16-27(6-7-29(25)38(54)49(24-50)32-8-9-35(52)45-37(32)53)47-12-10-26(11-13-47)18-44-40-21-39(40,22-40)23-46-14-15-48-28(20-46)19-43-36(42)33(48)17-31(41)30-4-2-3-5-34(30)51/h2-7,16-17,24,26,28,32,43-44,51H,8-15,18-23,41-42H2,1H3,(H,45,52,53)/b31-17-. The Labute approximate surface area is 315 Å². The fraction of sp³-hybridized carbons (Fsp3) is 0.500. The third-order valence-electron chi connectivity index (χ3n) is 12.8. The lowest BCUT2D eigenvalue weighted by atomic mass is 9.95. The Hall–Kier alpha value is -5.08. The number of nitrogens with zero attached hydrogens (tertiary/aromatic N) is 4. The molecule has 6 aliphatic rings. The van der Waals surface area contributed by atoms with Crippen LogP contribution in [-0.4, -0.2) is 114 Å². The summed E-state index contributed by atoms with van der Waals surface area (Å²) in [4.78, 5) is 57.3. The van der Waals surface area contributed by atoms with Gasteiger partial charge in [0.25, 0.3) is 5.91 Å². The molecule has 2 unspecified atom stereocenters. The molecule has 4 amide bonds. The lowest BCUT2D eigenvalue weighted by molar-refractivity contribution is -0.139. The van der Waals surface area contributed by atoms with Crippen LogP contribution in [0.2, 0.25) is 0 Å². The average Bonchev–Trinajstić information content (AvgIpc) is 3.99. The van der Waals surface area contributed by atoms with Crippen LogP contribution >= 0.6 is 0 Å². The number of imide groups is 2. The topological polar surface area (TPSA) is 190 Å². The maximum atomic E-state index is 13.3. The number of hydrogen-bond acceptors (Lipinski definition) is 12. The summed E-state index contributed by atoms with van der Waals surface area (Å²) in [5.74, 6) is -0.172. The number of aromatic hydroxyl groups is 1. The minimum atomic E-state index is -0.987. The van der Waals surface area contributed by atoms with E-state index in [1.165, 1.54) is 12.8 Å². The molecule has 14 heteroatoms. The van der Waals surface area contributed by atoms with E-state index in [0.29, 0.717) is 52.0 Å². The van der Waals surface area contributed by atoms with Crippen molar-refractivity contribution in [2.45, 2.75) is 63.1 Å². The van der Waals surface area contributed by atoms with Gasteiger partial charge in [-0.2, -0.15) is 0 Å². The van der Waals surface area contributed by atoms with E-state index in [0.717, 1.165) is 87.0 Å². The number of nitrogens with one attached hydrogen (secondary N) is 3. The second-order valence-corrected chi connectivity index (χ2v) is 16.2. The zero-order chi connectivity index (χ0) is 37.8. The first-order valence-electron chi connectivity index (χ1n) is 19.2. The van der Waals surface area contributed by atoms with E-state index < -0.39 is 23.8 Å². The monoisotopic (exact) mass is 737 g/mol. The number of aryl methyl sites for hydroxylation is 1. The largest absolute Gasteiger partial charge is 0.507 e. The maximum Gasteiger partial charge on any atom is 0.261 e. The van der Waals surface area contributed by atoms with E-state index in [1.807, 2.05) is 37.3 Å². The van der Waals surface area contributed by atoms with Crippen molar-refractivity contribution >= 4 is 35.5 Å². The number of rotatable bonds is 11. The molecule has 8 N–H and O–H groups in total. The van der Waals surface area contributed by atoms with Gasteiger partial charge in [-0.3, -0.25) is 34.3 Å². The highest BCUT2D eigenvalue weighted by Gasteiger charge is 2.82. The van der Waals surface area contributed by atoms with Crippen molar-refractivity contribution in [1.29, 1.82) is 0 Å². The smallest absolute Gasteiger partial charge is 0.261 e. The molecule has 5 fully saturated rings. The zero-order valence-electron chi connectivity index (χ0n) is 30.9. The summed E-state index contributed by atoms with van der Waals surface area (Å²) in [6.07, 6.45) is 7.15. The molecule has 2 aliphatic carbocycles. The van der Waals surface area contributed by atoms with Gasteiger partial charge in [-0.25, -0.2) is 0 Å². The van der Waals surface area contributed by atoms with E-state index in [1.54, 1.807) is 18.2 Å². The highest BCUT2D eigenvalue weighted by atomic mass is 16.3. The summed E-state index contributed by atoms with van der Waals surface area (Å²) >= 11 is 0. The Morgan fingerprint density at radius 3 is 2.57 bits per heavy atom. The van der Waals surface area contributed by atoms with Crippen molar-refractivity contribution in [3.8, 4) is 5.75 Å². The number of carbonyl (C=O) groups excluding carboxylic acids is 4. The predicted molar refractivity (Wildman–Crippen MR) is 203 cm³/mol. The third kappa shape index (κ3) is 6.66. The lowest BCUT2D eigenvalue weighted by Crippen LogP contribution is -2.59. The highest BCUT2D eigenvalue weighted by Crippen LogP contribution is 2.78. The number of carbonyl (C=O) groups is 4. The fourth-order valence-corrected chi connectivity index (χ4v) is 9.32. The molecule has 2 aromatic carbocycles.